The number of rotatable bonds is 3. The Morgan fingerprint density at radius 1 is 0.600 bits per heavy atom. The van der Waals surface area contributed by atoms with E-state index in [2.05, 4.69) is 59.6 Å². The van der Waals surface area contributed by atoms with Crippen molar-refractivity contribution in [3.05, 3.63) is 109 Å². The Bertz CT molecular complexity index is 1820. The van der Waals surface area contributed by atoms with Crippen LogP contribution in [0.3, 0.4) is 0 Å². The van der Waals surface area contributed by atoms with Gasteiger partial charge >= 0.3 is 0 Å². The maximum atomic E-state index is 5.11. The van der Waals surface area contributed by atoms with Gasteiger partial charge in [-0.2, -0.15) is 0 Å². The lowest BCUT2D eigenvalue weighted by atomic mass is 10.00. The fraction of sp³-hybridized carbons (Fsp3) is 0. The van der Waals surface area contributed by atoms with E-state index in [0.717, 1.165) is 54.0 Å². The number of benzene rings is 4. The molecule has 0 radical (unpaired) electrons. The highest BCUT2D eigenvalue weighted by molar-refractivity contribution is 7.21. The number of nitrogens with zero attached hydrogens (tertiary/aromatic N) is 4. The van der Waals surface area contributed by atoms with Gasteiger partial charge in [0.25, 0.3) is 0 Å². The molecule has 3 heterocycles. The van der Waals surface area contributed by atoms with E-state index >= 15 is 0 Å². The van der Waals surface area contributed by atoms with Gasteiger partial charge in [0.1, 0.15) is 5.01 Å². The molecule has 0 bridgehead atoms. The Labute approximate surface area is 205 Å². The van der Waals surface area contributed by atoms with E-state index in [9.17, 15) is 0 Å². The third-order valence-electron chi connectivity index (χ3n) is 6.17. The summed E-state index contributed by atoms with van der Waals surface area (Å²) < 4.78 is 1.15. The van der Waals surface area contributed by atoms with Gasteiger partial charge in [-0.3, -0.25) is 4.98 Å². The van der Waals surface area contributed by atoms with Gasteiger partial charge in [-0.1, -0.05) is 72.8 Å². The number of thiazole rings is 1. The van der Waals surface area contributed by atoms with Gasteiger partial charge in [-0.25, -0.2) is 15.0 Å². The predicted molar refractivity (Wildman–Crippen MR) is 144 cm³/mol. The molecule has 0 aliphatic heterocycles. The minimum atomic E-state index is 0.677. The summed E-state index contributed by atoms with van der Waals surface area (Å²) in [7, 11) is 0. The molecule has 0 atom stereocenters. The van der Waals surface area contributed by atoms with Crippen LogP contribution < -0.4 is 0 Å². The van der Waals surface area contributed by atoms with E-state index in [0.29, 0.717) is 5.82 Å². The van der Waals surface area contributed by atoms with Crippen LogP contribution in [0.1, 0.15) is 0 Å². The Morgan fingerprint density at radius 2 is 1.43 bits per heavy atom. The number of para-hydroxylation sites is 1. The maximum absolute atomic E-state index is 5.11. The number of hydrogen-bond donors (Lipinski definition) is 0. The van der Waals surface area contributed by atoms with Crippen molar-refractivity contribution in [2.75, 3.05) is 0 Å². The summed E-state index contributed by atoms with van der Waals surface area (Å²) >= 11 is 1.64. The molecule has 0 aliphatic rings. The molecule has 0 amide bonds. The van der Waals surface area contributed by atoms with Crippen LogP contribution in [-0.4, -0.2) is 19.9 Å². The second kappa shape index (κ2) is 8.08. The average Bonchev–Trinajstić information content (AvgIpc) is 3.37. The lowest BCUT2D eigenvalue weighted by Crippen LogP contribution is -1.96. The van der Waals surface area contributed by atoms with Crippen molar-refractivity contribution in [3.8, 4) is 33.3 Å². The zero-order valence-corrected chi connectivity index (χ0v) is 19.4. The van der Waals surface area contributed by atoms with Gasteiger partial charge in [-0.05, 0) is 41.1 Å². The largest absolute Gasteiger partial charge is 0.254 e. The van der Waals surface area contributed by atoms with Gasteiger partial charge in [0, 0.05) is 22.7 Å². The van der Waals surface area contributed by atoms with Gasteiger partial charge < -0.3 is 0 Å². The Balaban J connectivity index is 1.45. The minimum absolute atomic E-state index is 0.677. The standard InChI is InChI=1S/C30H18N4S/c1-2-9-20(10-3-1)28-27-22-11-5-4-8-19(22)14-15-24(27)32-29(34-28)21-16-17-31-25(18-21)30-33-23-12-6-7-13-26(23)35-30/h1-18H. The highest BCUT2D eigenvalue weighted by atomic mass is 32.1. The van der Waals surface area contributed by atoms with Crippen LogP contribution in [0.4, 0.5) is 0 Å². The SMILES string of the molecule is c1ccc(-c2nc(-c3ccnc(-c4nc5ccccc5s4)c3)nc3ccc4ccccc4c23)cc1. The van der Waals surface area contributed by atoms with Crippen molar-refractivity contribution in [1.29, 1.82) is 0 Å². The quantitative estimate of drug-likeness (QED) is 0.249. The molecule has 4 aromatic carbocycles. The first-order valence-electron chi connectivity index (χ1n) is 11.4. The average molecular weight is 467 g/mol. The predicted octanol–water partition coefficient (Wildman–Crippen LogP) is 7.79. The molecule has 4 nitrogen and oxygen atoms in total. The third kappa shape index (κ3) is 3.45. The first kappa shape index (κ1) is 19.9. The molecule has 0 spiro atoms. The molecule has 5 heteroatoms. The number of hydrogen-bond acceptors (Lipinski definition) is 5. The number of pyridine rings is 1. The van der Waals surface area contributed by atoms with E-state index in [1.807, 2.05) is 54.7 Å². The Kier molecular flexibility index (Phi) is 4.60. The molecule has 164 valence electrons. The second-order valence-electron chi connectivity index (χ2n) is 8.36. The van der Waals surface area contributed by atoms with Crippen molar-refractivity contribution in [2.45, 2.75) is 0 Å². The smallest absolute Gasteiger partial charge is 0.160 e. The third-order valence-corrected chi connectivity index (χ3v) is 7.23. The first-order valence-corrected chi connectivity index (χ1v) is 12.2. The lowest BCUT2D eigenvalue weighted by molar-refractivity contribution is 1.22. The van der Waals surface area contributed by atoms with Crippen molar-refractivity contribution in [1.82, 2.24) is 19.9 Å². The fourth-order valence-corrected chi connectivity index (χ4v) is 5.44. The summed E-state index contributed by atoms with van der Waals surface area (Å²) in [6, 6.07) is 35.1. The number of fused-ring (bicyclic) bond motifs is 4. The van der Waals surface area contributed by atoms with E-state index in [4.69, 9.17) is 15.0 Å². The van der Waals surface area contributed by atoms with Gasteiger partial charge in [0.2, 0.25) is 0 Å². The summed E-state index contributed by atoms with van der Waals surface area (Å²) in [5, 5.41) is 4.29. The van der Waals surface area contributed by atoms with Crippen LogP contribution in [0.5, 0.6) is 0 Å². The van der Waals surface area contributed by atoms with Crippen molar-refractivity contribution in [3.63, 3.8) is 0 Å². The van der Waals surface area contributed by atoms with E-state index in [1.165, 1.54) is 5.39 Å². The van der Waals surface area contributed by atoms with Crippen LogP contribution in [0.2, 0.25) is 0 Å². The molecule has 0 aliphatic carbocycles. The maximum Gasteiger partial charge on any atom is 0.160 e. The molecule has 3 aromatic heterocycles. The molecular weight excluding hydrogens is 448 g/mol. The van der Waals surface area contributed by atoms with Crippen LogP contribution in [-0.2, 0) is 0 Å². The van der Waals surface area contributed by atoms with Gasteiger partial charge in [0.15, 0.2) is 5.82 Å². The topological polar surface area (TPSA) is 51.6 Å². The summed E-state index contributed by atoms with van der Waals surface area (Å²) in [5.74, 6) is 0.677. The first-order chi connectivity index (χ1) is 17.3. The molecule has 0 saturated heterocycles. The van der Waals surface area contributed by atoms with Crippen molar-refractivity contribution < 1.29 is 0 Å². The fourth-order valence-electron chi connectivity index (χ4n) is 4.51. The van der Waals surface area contributed by atoms with Gasteiger partial charge in [0.05, 0.1) is 27.1 Å². The molecule has 0 fully saturated rings. The molecule has 0 N–H and O–H groups in total. The summed E-state index contributed by atoms with van der Waals surface area (Å²) in [6.45, 7) is 0. The summed E-state index contributed by atoms with van der Waals surface area (Å²) in [5.41, 5.74) is 5.65. The Morgan fingerprint density at radius 3 is 2.34 bits per heavy atom. The second-order valence-corrected chi connectivity index (χ2v) is 9.39. The highest BCUT2D eigenvalue weighted by Gasteiger charge is 2.15. The highest BCUT2D eigenvalue weighted by Crippen LogP contribution is 2.35. The Hall–Kier alpha value is -4.48. The van der Waals surface area contributed by atoms with Crippen molar-refractivity contribution >= 4 is 43.2 Å². The monoisotopic (exact) mass is 466 g/mol. The van der Waals surface area contributed by atoms with Crippen LogP contribution in [0.25, 0.3) is 65.2 Å². The summed E-state index contributed by atoms with van der Waals surface area (Å²) in [4.78, 5) is 19.5. The van der Waals surface area contributed by atoms with Crippen LogP contribution in [0.15, 0.2) is 109 Å². The van der Waals surface area contributed by atoms with Crippen molar-refractivity contribution in [2.24, 2.45) is 0 Å². The molecule has 7 rings (SSSR count). The molecule has 7 aromatic rings. The van der Waals surface area contributed by atoms with Crippen LogP contribution in [0, 0.1) is 0 Å². The zero-order chi connectivity index (χ0) is 23.2. The molecular formula is C30H18N4S. The molecule has 0 unspecified atom stereocenters. The van der Waals surface area contributed by atoms with Crippen LogP contribution >= 0.6 is 11.3 Å². The van der Waals surface area contributed by atoms with Gasteiger partial charge in [-0.15, -0.1) is 11.3 Å². The normalized spacial score (nSPS) is 11.4. The zero-order valence-electron chi connectivity index (χ0n) is 18.6. The molecule has 35 heavy (non-hydrogen) atoms. The van der Waals surface area contributed by atoms with E-state index < -0.39 is 0 Å². The molecule has 0 saturated carbocycles. The van der Waals surface area contributed by atoms with E-state index in [1.54, 1.807) is 11.3 Å². The lowest BCUT2D eigenvalue weighted by Gasteiger charge is -2.12. The summed E-state index contributed by atoms with van der Waals surface area (Å²) in [6.07, 6.45) is 1.81. The van der Waals surface area contributed by atoms with E-state index in [-0.39, 0.29) is 0 Å². The minimum Gasteiger partial charge on any atom is -0.254 e. The number of aromatic nitrogens is 4.